The Labute approximate surface area is 226 Å². The van der Waals surface area contributed by atoms with Crippen LogP contribution in [0, 0.1) is 6.92 Å². The number of sulfonamides is 1. The van der Waals surface area contributed by atoms with Gasteiger partial charge >= 0.3 is 0 Å². The highest BCUT2D eigenvalue weighted by Crippen LogP contribution is 2.26. The number of amides is 2. The van der Waals surface area contributed by atoms with Crippen molar-refractivity contribution in [1.29, 1.82) is 0 Å². The molecule has 3 aromatic rings. The van der Waals surface area contributed by atoms with E-state index in [4.69, 9.17) is 11.5 Å². The van der Waals surface area contributed by atoms with Gasteiger partial charge in [0.15, 0.2) is 0 Å². The number of benzene rings is 3. The molecule has 2 amide bonds. The largest absolute Gasteiger partial charge is 0.368 e. The van der Waals surface area contributed by atoms with E-state index in [2.05, 4.69) is 10.0 Å². The number of primary amides is 1. The number of nitrogens with two attached hydrogens (primary N) is 2. The van der Waals surface area contributed by atoms with Crippen LogP contribution < -0.4 is 21.5 Å². The van der Waals surface area contributed by atoms with Crippen molar-refractivity contribution in [3.05, 3.63) is 77.9 Å². The number of fused-ring (bicyclic) bond motifs is 1. The molecular weight excluding hydrogens is 517 g/mol. The minimum absolute atomic E-state index is 0. The standard InChI is InChI=1S/C25H30N4O4S.2H2S/c1-17-13-14-23(20-11-6-5-10-19(17)20)34(32,33)29-21(12-7-15-26)25(31)28-22(24(27)30)16-18-8-3-2-4-9-18;;/h2-6,8-11,13-14,21-22,29H,7,12,15-16,26H2,1H3,(H2,27,30)(H,28,31);2*1H2/t21-,22-;;/m0../s1. The van der Waals surface area contributed by atoms with Gasteiger partial charge < -0.3 is 16.8 Å². The Morgan fingerprint density at radius 2 is 1.50 bits per heavy atom. The van der Waals surface area contributed by atoms with E-state index in [1.54, 1.807) is 18.2 Å². The fourth-order valence-electron chi connectivity index (χ4n) is 3.82. The Balaban J connectivity index is 0.00000324. The topological polar surface area (TPSA) is 144 Å². The summed E-state index contributed by atoms with van der Waals surface area (Å²) in [5, 5.41) is 3.99. The Bertz CT molecular complexity index is 1270. The van der Waals surface area contributed by atoms with Crippen molar-refractivity contribution >= 4 is 59.6 Å². The number of rotatable bonds is 11. The molecule has 0 heterocycles. The van der Waals surface area contributed by atoms with Gasteiger partial charge in [0.2, 0.25) is 21.8 Å². The third-order valence-corrected chi connectivity index (χ3v) is 7.17. The van der Waals surface area contributed by atoms with Gasteiger partial charge in [0.25, 0.3) is 0 Å². The summed E-state index contributed by atoms with van der Waals surface area (Å²) in [6, 6.07) is 17.5. The number of aryl methyl sites for hydroxylation is 1. The zero-order valence-electron chi connectivity index (χ0n) is 20.0. The highest BCUT2D eigenvalue weighted by Gasteiger charge is 2.29. The summed E-state index contributed by atoms with van der Waals surface area (Å²) in [4.78, 5) is 25.2. The number of hydrogen-bond acceptors (Lipinski definition) is 5. The second kappa shape index (κ2) is 14.2. The highest BCUT2D eigenvalue weighted by atomic mass is 32.2. The van der Waals surface area contributed by atoms with Crippen molar-refractivity contribution in [1.82, 2.24) is 10.0 Å². The minimum atomic E-state index is -4.06. The van der Waals surface area contributed by atoms with Gasteiger partial charge in [-0.15, -0.1) is 0 Å². The van der Waals surface area contributed by atoms with Crippen molar-refractivity contribution in [2.24, 2.45) is 11.5 Å². The van der Waals surface area contributed by atoms with Crippen molar-refractivity contribution < 1.29 is 18.0 Å². The lowest BCUT2D eigenvalue weighted by molar-refractivity contribution is -0.128. The van der Waals surface area contributed by atoms with E-state index in [9.17, 15) is 18.0 Å². The normalized spacial score (nSPS) is 12.6. The first-order chi connectivity index (χ1) is 16.2. The summed E-state index contributed by atoms with van der Waals surface area (Å²) in [6.45, 7) is 2.18. The molecule has 0 saturated carbocycles. The molecule has 0 saturated heterocycles. The zero-order chi connectivity index (χ0) is 24.7. The summed E-state index contributed by atoms with van der Waals surface area (Å²) < 4.78 is 29.2. The second-order valence-corrected chi connectivity index (χ2v) is 9.87. The molecule has 3 aromatic carbocycles. The predicted octanol–water partition coefficient (Wildman–Crippen LogP) is 1.97. The molecule has 0 spiro atoms. The number of carbonyl (C=O) groups is 2. The third kappa shape index (κ3) is 7.97. The second-order valence-electron chi connectivity index (χ2n) is 8.18. The van der Waals surface area contributed by atoms with Crippen LogP contribution in [0.4, 0.5) is 0 Å². The van der Waals surface area contributed by atoms with Crippen LogP contribution in [-0.4, -0.2) is 38.9 Å². The molecule has 6 N–H and O–H groups in total. The molecule has 0 aliphatic heterocycles. The van der Waals surface area contributed by atoms with Crippen molar-refractivity contribution in [3.8, 4) is 0 Å². The first kappa shape index (κ1) is 31.5. The van der Waals surface area contributed by atoms with Crippen LogP contribution in [0.1, 0.15) is 24.0 Å². The van der Waals surface area contributed by atoms with Crippen LogP contribution in [0.25, 0.3) is 10.8 Å². The summed E-state index contributed by atoms with van der Waals surface area (Å²) in [6.07, 6.45) is 0.776. The Hall–Kier alpha value is -2.57. The summed E-state index contributed by atoms with van der Waals surface area (Å²) >= 11 is 0. The van der Waals surface area contributed by atoms with Gasteiger partial charge in [-0.2, -0.15) is 31.7 Å². The molecule has 0 radical (unpaired) electrons. The number of nitrogens with one attached hydrogen (secondary N) is 2. The smallest absolute Gasteiger partial charge is 0.241 e. The summed E-state index contributed by atoms with van der Waals surface area (Å²) in [5.74, 6) is -1.34. The molecule has 3 rings (SSSR count). The van der Waals surface area contributed by atoms with E-state index in [0.29, 0.717) is 11.8 Å². The lowest BCUT2D eigenvalue weighted by atomic mass is 10.0. The van der Waals surface area contributed by atoms with Gasteiger partial charge in [-0.1, -0.05) is 60.7 Å². The molecule has 0 aliphatic rings. The first-order valence-electron chi connectivity index (χ1n) is 11.1. The van der Waals surface area contributed by atoms with Crippen LogP contribution in [0.5, 0.6) is 0 Å². The van der Waals surface area contributed by atoms with Gasteiger partial charge in [0.05, 0.1) is 4.90 Å². The predicted molar refractivity (Wildman–Crippen MR) is 153 cm³/mol. The van der Waals surface area contributed by atoms with Gasteiger partial charge in [0.1, 0.15) is 12.1 Å². The molecule has 0 aromatic heterocycles. The van der Waals surface area contributed by atoms with E-state index in [1.807, 2.05) is 49.4 Å². The lowest BCUT2D eigenvalue weighted by Gasteiger charge is -2.22. The summed E-state index contributed by atoms with van der Waals surface area (Å²) in [7, 11) is -4.06. The fourth-order valence-corrected chi connectivity index (χ4v) is 5.26. The van der Waals surface area contributed by atoms with E-state index in [1.165, 1.54) is 6.07 Å². The average Bonchev–Trinajstić information content (AvgIpc) is 2.82. The van der Waals surface area contributed by atoms with Gasteiger partial charge in [-0.3, -0.25) is 9.59 Å². The number of carbonyl (C=O) groups excluding carboxylic acids is 2. The minimum Gasteiger partial charge on any atom is -0.368 e. The molecular formula is C25H34N4O4S3. The van der Waals surface area contributed by atoms with Gasteiger partial charge in [-0.05, 0) is 48.9 Å². The maximum atomic E-state index is 13.3. The molecule has 11 heteroatoms. The monoisotopic (exact) mass is 550 g/mol. The highest BCUT2D eigenvalue weighted by molar-refractivity contribution is 7.89. The van der Waals surface area contributed by atoms with E-state index in [-0.39, 0.29) is 51.3 Å². The Kier molecular flexibility index (Phi) is 12.4. The molecule has 36 heavy (non-hydrogen) atoms. The van der Waals surface area contributed by atoms with Crippen molar-refractivity contribution in [2.75, 3.05) is 6.54 Å². The number of hydrogen-bond donors (Lipinski definition) is 4. The van der Waals surface area contributed by atoms with Crippen molar-refractivity contribution in [3.63, 3.8) is 0 Å². The van der Waals surface area contributed by atoms with Crippen LogP contribution in [-0.2, 0) is 26.0 Å². The molecule has 0 aliphatic carbocycles. The molecule has 0 bridgehead atoms. The quantitative estimate of drug-likeness (QED) is 0.289. The molecule has 0 fully saturated rings. The third-order valence-electron chi connectivity index (χ3n) is 5.64. The first-order valence-corrected chi connectivity index (χ1v) is 12.6. The van der Waals surface area contributed by atoms with E-state index >= 15 is 0 Å². The summed E-state index contributed by atoms with van der Waals surface area (Å²) in [5.41, 5.74) is 12.9. The molecule has 2 atom stereocenters. The average molecular weight is 551 g/mol. The van der Waals surface area contributed by atoms with Crippen LogP contribution >= 0.6 is 27.0 Å². The van der Waals surface area contributed by atoms with E-state index < -0.39 is 33.9 Å². The maximum Gasteiger partial charge on any atom is 0.241 e. The van der Waals surface area contributed by atoms with Crippen LogP contribution in [0.15, 0.2) is 71.6 Å². The van der Waals surface area contributed by atoms with Crippen molar-refractivity contribution in [2.45, 2.75) is 43.2 Å². The van der Waals surface area contributed by atoms with Gasteiger partial charge in [-0.25, -0.2) is 8.42 Å². The maximum absolute atomic E-state index is 13.3. The van der Waals surface area contributed by atoms with E-state index in [0.717, 1.165) is 16.5 Å². The SMILES string of the molecule is Cc1ccc(S(=O)(=O)N[C@@H](CCCN)C(=O)N[C@@H](Cc2ccccc2)C(N)=O)c2ccccc12.S.S. The Morgan fingerprint density at radius 1 is 0.889 bits per heavy atom. The Morgan fingerprint density at radius 3 is 2.11 bits per heavy atom. The molecule has 8 nitrogen and oxygen atoms in total. The van der Waals surface area contributed by atoms with Crippen LogP contribution in [0.2, 0.25) is 0 Å². The van der Waals surface area contributed by atoms with Gasteiger partial charge in [0, 0.05) is 11.8 Å². The lowest BCUT2D eigenvalue weighted by Crippen LogP contribution is -2.53. The fraction of sp³-hybridized carbons (Fsp3) is 0.280. The molecule has 0 unspecified atom stereocenters. The zero-order valence-corrected chi connectivity index (χ0v) is 22.8. The van der Waals surface area contributed by atoms with Crippen LogP contribution in [0.3, 0.4) is 0 Å². The molecule has 196 valence electrons.